The van der Waals surface area contributed by atoms with E-state index in [1.165, 1.54) is 0 Å². The molecule has 4 heteroatoms. The van der Waals surface area contributed by atoms with Gasteiger partial charge in [0, 0.05) is 12.6 Å². The fourth-order valence-electron chi connectivity index (χ4n) is 1.84. The van der Waals surface area contributed by atoms with Crippen LogP contribution in [0.1, 0.15) is 12.8 Å². The van der Waals surface area contributed by atoms with E-state index in [4.69, 9.17) is 0 Å². The van der Waals surface area contributed by atoms with Crippen LogP contribution in [0.25, 0.3) is 0 Å². The predicted molar refractivity (Wildman–Crippen MR) is 29.5 cm³/mol. The van der Waals surface area contributed by atoms with E-state index in [9.17, 15) is 13.2 Å². The Bertz CT molecular complexity index is 151. The lowest BCUT2D eigenvalue weighted by Crippen LogP contribution is -2.45. The minimum absolute atomic E-state index is 0.140. The molecule has 3 rings (SSSR count). The van der Waals surface area contributed by atoms with Crippen LogP contribution in [0.15, 0.2) is 0 Å². The van der Waals surface area contributed by atoms with Gasteiger partial charge < -0.3 is 5.32 Å². The van der Waals surface area contributed by atoms with Crippen LogP contribution in [-0.4, -0.2) is 18.8 Å². The zero-order valence-electron chi connectivity index (χ0n) is 5.33. The molecule has 2 heterocycles. The van der Waals surface area contributed by atoms with E-state index in [0.29, 0.717) is 12.8 Å². The molecule has 58 valence electrons. The molecule has 1 nitrogen and oxygen atoms in total. The van der Waals surface area contributed by atoms with Crippen molar-refractivity contribution in [3.63, 3.8) is 0 Å². The van der Waals surface area contributed by atoms with Crippen molar-refractivity contribution in [2.75, 3.05) is 6.54 Å². The lowest BCUT2D eigenvalue weighted by molar-refractivity contribution is -0.234. The van der Waals surface area contributed by atoms with Crippen molar-refractivity contribution >= 4 is 0 Å². The smallest absolute Gasteiger partial charge is 0.313 e. The Morgan fingerprint density at radius 3 is 2.10 bits per heavy atom. The number of nitrogens with one attached hydrogen (secondary N) is 1. The highest BCUT2D eigenvalue weighted by Gasteiger charge is 2.65. The lowest BCUT2D eigenvalue weighted by Gasteiger charge is -2.38. The molecule has 0 unspecified atom stereocenters. The maximum atomic E-state index is 12.1. The molecule has 0 amide bonds. The van der Waals surface area contributed by atoms with Gasteiger partial charge in [-0.25, -0.2) is 0 Å². The molecular formula is C6H8F3N. The van der Waals surface area contributed by atoms with Gasteiger partial charge in [0.15, 0.2) is 0 Å². The first-order chi connectivity index (χ1) is 4.54. The van der Waals surface area contributed by atoms with Crippen LogP contribution in [0.5, 0.6) is 0 Å². The molecule has 10 heavy (non-hydrogen) atoms. The first-order valence-corrected chi connectivity index (χ1v) is 3.34. The molecule has 0 atom stereocenters. The van der Waals surface area contributed by atoms with E-state index in [-0.39, 0.29) is 12.6 Å². The summed E-state index contributed by atoms with van der Waals surface area (Å²) in [6, 6.07) is 0.154. The van der Waals surface area contributed by atoms with Crippen LogP contribution >= 0.6 is 0 Å². The van der Waals surface area contributed by atoms with Crippen molar-refractivity contribution in [3.8, 4) is 0 Å². The van der Waals surface area contributed by atoms with Gasteiger partial charge in [0.05, 0.1) is 5.41 Å². The number of fused-ring (bicyclic) bond motifs is 1. The Labute approximate surface area is 56.6 Å². The summed E-state index contributed by atoms with van der Waals surface area (Å²) < 4.78 is 36.4. The second kappa shape index (κ2) is 1.49. The van der Waals surface area contributed by atoms with Crippen LogP contribution < -0.4 is 5.32 Å². The van der Waals surface area contributed by atoms with Crippen molar-refractivity contribution in [1.29, 1.82) is 0 Å². The molecule has 0 aromatic heterocycles. The van der Waals surface area contributed by atoms with Gasteiger partial charge in [-0.3, -0.25) is 0 Å². The Balaban J connectivity index is 2.18. The van der Waals surface area contributed by atoms with Gasteiger partial charge in [-0.15, -0.1) is 0 Å². The van der Waals surface area contributed by atoms with Crippen molar-refractivity contribution in [2.24, 2.45) is 5.41 Å². The van der Waals surface area contributed by atoms with Gasteiger partial charge in [0.1, 0.15) is 0 Å². The fourth-order valence-corrected chi connectivity index (χ4v) is 1.84. The van der Waals surface area contributed by atoms with E-state index >= 15 is 0 Å². The van der Waals surface area contributed by atoms with Crippen LogP contribution in [0.2, 0.25) is 0 Å². The van der Waals surface area contributed by atoms with E-state index in [1.54, 1.807) is 0 Å². The van der Waals surface area contributed by atoms with Crippen molar-refractivity contribution in [1.82, 2.24) is 5.32 Å². The minimum atomic E-state index is -3.98. The van der Waals surface area contributed by atoms with Gasteiger partial charge in [0.25, 0.3) is 0 Å². The highest BCUT2D eigenvalue weighted by atomic mass is 19.4. The van der Waals surface area contributed by atoms with Crippen LogP contribution in [0.3, 0.4) is 0 Å². The van der Waals surface area contributed by atoms with Crippen LogP contribution in [0.4, 0.5) is 13.2 Å². The van der Waals surface area contributed by atoms with Crippen molar-refractivity contribution < 1.29 is 13.2 Å². The third-order valence-corrected chi connectivity index (χ3v) is 2.60. The number of halogens is 3. The second-order valence-corrected chi connectivity index (χ2v) is 3.26. The number of hydrogen-bond acceptors (Lipinski definition) is 1. The van der Waals surface area contributed by atoms with Gasteiger partial charge in [-0.1, -0.05) is 0 Å². The predicted octanol–water partition coefficient (Wildman–Crippen LogP) is 1.30. The summed E-state index contributed by atoms with van der Waals surface area (Å²) in [4.78, 5) is 0. The summed E-state index contributed by atoms with van der Waals surface area (Å²) in [6.07, 6.45) is -3.38. The Morgan fingerprint density at radius 2 is 1.90 bits per heavy atom. The summed E-state index contributed by atoms with van der Waals surface area (Å²) in [7, 11) is 0. The number of rotatable bonds is 0. The first kappa shape index (κ1) is 6.46. The van der Waals surface area contributed by atoms with Crippen molar-refractivity contribution in [3.05, 3.63) is 0 Å². The molecule has 0 radical (unpaired) electrons. The van der Waals surface area contributed by atoms with Crippen LogP contribution in [-0.2, 0) is 0 Å². The molecule has 1 saturated carbocycles. The molecule has 1 N–H and O–H groups in total. The maximum absolute atomic E-state index is 12.1. The third-order valence-electron chi connectivity index (χ3n) is 2.60. The summed E-state index contributed by atoms with van der Waals surface area (Å²) in [5.41, 5.74) is -1.34. The molecule has 1 aliphatic carbocycles. The minimum Gasteiger partial charge on any atom is -0.313 e. The summed E-state index contributed by atoms with van der Waals surface area (Å²) in [5.74, 6) is 0. The summed E-state index contributed by atoms with van der Waals surface area (Å²) in [6.45, 7) is 0.140. The fraction of sp³-hybridized carbons (Fsp3) is 1.00. The number of hydrogen-bond donors (Lipinski definition) is 1. The Kier molecular flexibility index (Phi) is 0.966. The summed E-state index contributed by atoms with van der Waals surface area (Å²) >= 11 is 0. The standard InChI is InChI=1S/C6H8F3N/c7-6(8,9)5-1-4(2-5)10-3-5/h4,10H,1-3H2. The quantitative estimate of drug-likeness (QED) is 0.550. The highest BCUT2D eigenvalue weighted by molar-refractivity contribution is 5.09. The molecule has 2 bridgehead atoms. The van der Waals surface area contributed by atoms with E-state index < -0.39 is 11.6 Å². The largest absolute Gasteiger partial charge is 0.395 e. The average molecular weight is 151 g/mol. The average Bonchev–Trinajstić information content (AvgIpc) is 2.08. The monoisotopic (exact) mass is 151 g/mol. The maximum Gasteiger partial charge on any atom is 0.395 e. The van der Waals surface area contributed by atoms with Crippen LogP contribution in [0, 0.1) is 5.41 Å². The van der Waals surface area contributed by atoms with Gasteiger partial charge in [0.2, 0.25) is 0 Å². The molecule has 2 aliphatic heterocycles. The molecular weight excluding hydrogens is 143 g/mol. The Hall–Kier alpha value is -0.250. The zero-order valence-corrected chi connectivity index (χ0v) is 5.33. The van der Waals surface area contributed by atoms with E-state index in [0.717, 1.165) is 0 Å². The van der Waals surface area contributed by atoms with Gasteiger partial charge in [-0.2, -0.15) is 13.2 Å². The Morgan fingerprint density at radius 1 is 1.30 bits per heavy atom. The van der Waals surface area contributed by atoms with Crippen molar-refractivity contribution in [2.45, 2.75) is 25.1 Å². The molecule has 0 aromatic carbocycles. The molecule has 3 fully saturated rings. The SMILES string of the molecule is FC(F)(F)C12CNC(C1)C2. The topological polar surface area (TPSA) is 12.0 Å². The van der Waals surface area contributed by atoms with Gasteiger partial charge >= 0.3 is 6.18 Å². The summed E-state index contributed by atoms with van der Waals surface area (Å²) in [5, 5.41) is 2.82. The third kappa shape index (κ3) is 0.576. The molecule has 0 spiro atoms. The lowest BCUT2D eigenvalue weighted by atomic mass is 9.70. The van der Waals surface area contributed by atoms with Gasteiger partial charge in [-0.05, 0) is 12.8 Å². The second-order valence-electron chi connectivity index (χ2n) is 3.26. The normalized spacial score (nSPS) is 45.3. The first-order valence-electron chi connectivity index (χ1n) is 3.34. The zero-order chi connectivity index (χ0) is 7.41. The molecule has 2 saturated heterocycles. The van der Waals surface area contributed by atoms with E-state index in [1.807, 2.05) is 0 Å². The molecule has 3 aliphatic rings. The van der Waals surface area contributed by atoms with E-state index in [2.05, 4.69) is 5.32 Å². The number of alkyl halides is 3. The molecule has 0 aromatic rings. The highest BCUT2D eigenvalue weighted by Crippen LogP contribution is 2.56.